The van der Waals surface area contributed by atoms with E-state index in [0.717, 1.165) is 13.1 Å². The number of piperazine rings is 1. The van der Waals surface area contributed by atoms with Gasteiger partial charge in [0.1, 0.15) is 0 Å². The third-order valence-electron chi connectivity index (χ3n) is 3.53. The van der Waals surface area contributed by atoms with E-state index >= 15 is 0 Å². The number of nitrogens with one attached hydrogen (secondary N) is 1. The van der Waals surface area contributed by atoms with Crippen LogP contribution in [0.1, 0.15) is 24.2 Å². The molecule has 5 nitrogen and oxygen atoms in total. The predicted octanol–water partition coefficient (Wildman–Crippen LogP) is 2.18. The Hall–Kier alpha value is -1.46. The van der Waals surface area contributed by atoms with Gasteiger partial charge < -0.3 is 19.7 Å². The van der Waals surface area contributed by atoms with E-state index in [4.69, 9.17) is 21.1 Å². The van der Waals surface area contributed by atoms with Crippen LogP contribution < -0.4 is 14.8 Å². The minimum Gasteiger partial charge on any atom is -0.493 e. The summed E-state index contributed by atoms with van der Waals surface area (Å²) in [4.78, 5) is 14.5. The first-order chi connectivity index (χ1) is 10.1. The number of rotatable bonds is 4. The zero-order chi connectivity index (χ0) is 15.4. The number of benzene rings is 1. The van der Waals surface area contributed by atoms with Crippen LogP contribution in [0.5, 0.6) is 11.5 Å². The number of hydrogen-bond acceptors (Lipinski definition) is 4. The Morgan fingerprint density at radius 1 is 1.52 bits per heavy atom. The first-order valence-corrected chi connectivity index (χ1v) is 7.48. The summed E-state index contributed by atoms with van der Waals surface area (Å²) in [5.41, 5.74) is 0.522. The van der Waals surface area contributed by atoms with E-state index < -0.39 is 0 Å². The van der Waals surface area contributed by atoms with Crippen LogP contribution in [0.15, 0.2) is 12.1 Å². The number of ether oxygens (including phenoxy) is 2. The average Bonchev–Trinajstić information content (AvgIpc) is 2.49. The lowest BCUT2D eigenvalue weighted by Crippen LogP contribution is -2.52. The van der Waals surface area contributed by atoms with Gasteiger partial charge in [0.2, 0.25) is 0 Å². The summed E-state index contributed by atoms with van der Waals surface area (Å²) in [6, 6.07) is 3.49. The van der Waals surface area contributed by atoms with Crippen LogP contribution in [0.4, 0.5) is 0 Å². The Balaban J connectivity index is 2.31. The van der Waals surface area contributed by atoms with Crippen LogP contribution in [0.2, 0.25) is 5.02 Å². The van der Waals surface area contributed by atoms with Crippen molar-refractivity contribution in [3.63, 3.8) is 0 Å². The van der Waals surface area contributed by atoms with Gasteiger partial charge >= 0.3 is 0 Å². The molecular formula is C15H21ClN2O3. The van der Waals surface area contributed by atoms with E-state index in [9.17, 15) is 4.79 Å². The quantitative estimate of drug-likeness (QED) is 0.926. The lowest BCUT2D eigenvalue weighted by molar-refractivity contribution is 0.0655. The van der Waals surface area contributed by atoms with Gasteiger partial charge in [0.25, 0.3) is 5.91 Å². The summed E-state index contributed by atoms with van der Waals surface area (Å²) in [6.45, 7) is 6.67. The normalized spacial score (nSPS) is 18.5. The van der Waals surface area contributed by atoms with Crippen molar-refractivity contribution in [3.05, 3.63) is 22.7 Å². The van der Waals surface area contributed by atoms with Crippen molar-refractivity contribution in [1.82, 2.24) is 10.2 Å². The number of hydrogen-bond donors (Lipinski definition) is 1. The molecule has 0 bridgehead atoms. The van der Waals surface area contributed by atoms with Crippen molar-refractivity contribution in [3.8, 4) is 11.5 Å². The Morgan fingerprint density at radius 2 is 2.29 bits per heavy atom. The smallest absolute Gasteiger partial charge is 0.254 e. The summed E-state index contributed by atoms with van der Waals surface area (Å²) in [5.74, 6) is 0.925. The molecule has 1 aliphatic heterocycles. The molecule has 0 saturated carbocycles. The number of carbonyl (C=O) groups excluding carboxylic acids is 1. The third-order valence-corrected chi connectivity index (χ3v) is 3.81. The van der Waals surface area contributed by atoms with Gasteiger partial charge in [0.15, 0.2) is 11.5 Å². The minimum atomic E-state index is -0.0350. The van der Waals surface area contributed by atoms with E-state index in [1.54, 1.807) is 12.1 Å². The van der Waals surface area contributed by atoms with Crippen molar-refractivity contribution in [1.29, 1.82) is 0 Å². The second-order valence-electron chi connectivity index (χ2n) is 4.97. The third kappa shape index (κ3) is 3.41. The molecule has 1 amide bonds. The molecule has 6 heteroatoms. The van der Waals surface area contributed by atoms with Crippen LogP contribution >= 0.6 is 11.6 Å². The van der Waals surface area contributed by atoms with E-state index in [0.29, 0.717) is 35.2 Å². The highest BCUT2D eigenvalue weighted by atomic mass is 35.5. The number of halogens is 1. The molecule has 0 spiro atoms. The van der Waals surface area contributed by atoms with Crippen LogP contribution in [-0.2, 0) is 0 Å². The molecule has 0 aliphatic carbocycles. The topological polar surface area (TPSA) is 50.8 Å². The molecule has 0 aromatic heterocycles. The monoisotopic (exact) mass is 312 g/mol. The fourth-order valence-corrected chi connectivity index (χ4v) is 2.70. The van der Waals surface area contributed by atoms with Crippen molar-refractivity contribution in [2.75, 3.05) is 33.4 Å². The second kappa shape index (κ2) is 7.00. The molecule has 1 fully saturated rings. The van der Waals surface area contributed by atoms with E-state index in [1.807, 2.05) is 18.7 Å². The standard InChI is InChI=1S/C15H21ClN2O3/c1-4-21-14-12(16)7-11(8-13(14)20-3)15(19)18-6-5-17-9-10(18)2/h7-8,10,17H,4-6,9H2,1-3H3/t10-/m1/s1. The zero-order valence-corrected chi connectivity index (χ0v) is 13.4. The van der Waals surface area contributed by atoms with Crippen LogP contribution in [-0.4, -0.2) is 50.2 Å². The van der Waals surface area contributed by atoms with Gasteiger partial charge in [-0.25, -0.2) is 0 Å². The molecule has 0 unspecified atom stereocenters. The number of carbonyl (C=O) groups is 1. The Morgan fingerprint density at radius 3 is 2.90 bits per heavy atom. The van der Waals surface area contributed by atoms with Gasteiger partial charge in [-0.1, -0.05) is 11.6 Å². The van der Waals surface area contributed by atoms with Gasteiger partial charge in [-0.05, 0) is 26.0 Å². The Kier molecular flexibility index (Phi) is 5.31. The first-order valence-electron chi connectivity index (χ1n) is 7.10. The maximum Gasteiger partial charge on any atom is 0.254 e. The number of nitrogens with zero attached hydrogens (tertiary/aromatic N) is 1. The Labute approximate surface area is 130 Å². The van der Waals surface area contributed by atoms with E-state index in [2.05, 4.69) is 5.32 Å². The molecule has 1 aromatic rings. The zero-order valence-electron chi connectivity index (χ0n) is 12.6. The summed E-state index contributed by atoms with van der Waals surface area (Å²) < 4.78 is 10.8. The molecule has 1 saturated heterocycles. The van der Waals surface area contributed by atoms with Gasteiger partial charge in [-0.3, -0.25) is 4.79 Å². The molecule has 0 radical (unpaired) electrons. The van der Waals surface area contributed by atoms with Crippen molar-refractivity contribution < 1.29 is 14.3 Å². The first kappa shape index (κ1) is 15.9. The van der Waals surface area contributed by atoms with Crippen molar-refractivity contribution in [2.45, 2.75) is 19.9 Å². The van der Waals surface area contributed by atoms with E-state index in [1.165, 1.54) is 7.11 Å². The van der Waals surface area contributed by atoms with E-state index in [-0.39, 0.29) is 11.9 Å². The molecule has 2 rings (SSSR count). The number of amides is 1. The fraction of sp³-hybridized carbons (Fsp3) is 0.533. The maximum atomic E-state index is 12.6. The summed E-state index contributed by atoms with van der Waals surface area (Å²) in [5, 5.41) is 3.66. The molecule has 21 heavy (non-hydrogen) atoms. The van der Waals surface area contributed by atoms with Crippen LogP contribution in [0, 0.1) is 0 Å². The molecule has 1 heterocycles. The molecule has 1 aromatic carbocycles. The van der Waals surface area contributed by atoms with Gasteiger partial charge in [-0.15, -0.1) is 0 Å². The highest BCUT2D eigenvalue weighted by Crippen LogP contribution is 2.36. The second-order valence-corrected chi connectivity index (χ2v) is 5.38. The molecule has 1 atom stereocenters. The molecule has 1 N–H and O–H groups in total. The van der Waals surface area contributed by atoms with Crippen LogP contribution in [0.25, 0.3) is 0 Å². The SMILES string of the molecule is CCOc1c(Cl)cc(C(=O)N2CCNC[C@H]2C)cc1OC. The average molecular weight is 313 g/mol. The van der Waals surface area contributed by atoms with Gasteiger partial charge in [0.05, 0.1) is 18.7 Å². The Bertz CT molecular complexity index is 522. The largest absolute Gasteiger partial charge is 0.493 e. The summed E-state index contributed by atoms with van der Waals surface area (Å²) in [6.07, 6.45) is 0. The minimum absolute atomic E-state index is 0.0350. The summed E-state index contributed by atoms with van der Waals surface area (Å²) in [7, 11) is 1.54. The number of methoxy groups -OCH3 is 1. The highest BCUT2D eigenvalue weighted by molar-refractivity contribution is 6.32. The van der Waals surface area contributed by atoms with Crippen LogP contribution in [0.3, 0.4) is 0 Å². The highest BCUT2D eigenvalue weighted by Gasteiger charge is 2.25. The lowest BCUT2D eigenvalue weighted by Gasteiger charge is -2.34. The molecule has 116 valence electrons. The maximum absolute atomic E-state index is 12.6. The van der Waals surface area contributed by atoms with Gasteiger partial charge in [0, 0.05) is 31.2 Å². The van der Waals surface area contributed by atoms with Crippen molar-refractivity contribution in [2.24, 2.45) is 0 Å². The molecular weight excluding hydrogens is 292 g/mol. The molecule has 1 aliphatic rings. The van der Waals surface area contributed by atoms with Crippen molar-refractivity contribution >= 4 is 17.5 Å². The fourth-order valence-electron chi connectivity index (χ4n) is 2.44. The van der Waals surface area contributed by atoms with Gasteiger partial charge in [-0.2, -0.15) is 0 Å². The lowest BCUT2D eigenvalue weighted by atomic mass is 10.1. The predicted molar refractivity (Wildman–Crippen MR) is 82.5 cm³/mol. The summed E-state index contributed by atoms with van der Waals surface area (Å²) >= 11 is 6.22.